The zero-order valence-electron chi connectivity index (χ0n) is 16.9. The van der Waals surface area contributed by atoms with Gasteiger partial charge in [0.2, 0.25) is 0 Å². The van der Waals surface area contributed by atoms with Gasteiger partial charge in [-0.3, -0.25) is 4.68 Å². The van der Waals surface area contributed by atoms with Crippen molar-refractivity contribution in [1.82, 2.24) is 25.4 Å². The van der Waals surface area contributed by atoms with Crippen molar-refractivity contribution >= 4 is 35.1 Å². The number of nitrogens with one attached hydrogen (secondary N) is 3. The Morgan fingerprint density at radius 3 is 2.81 bits per heavy atom. The molecule has 1 aliphatic carbocycles. The van der Waals surface area contributed by atoms with Gasteiger partial charge >= 0.3 is 6.03 Å². The number of anilines is 1. The minimum absolute atomic E-state index is 0.0337. The molecule has 3 aromatic rings. The number of halogens is 2. The highest BCUT2D eigenvalue weighted by Crippen LogP contribution is 2.30. The minimum Gasteiger partial charge on any atom is -0.367 e. The molecule has 9 heteroatoms. The first kappa shape index (κ1) is 21.5. The van der Waals surface area contributed by atoms with Crippen molar-refractivity contribution in [3.8, 4) is 0 Å². The van der Waals surface area contributed by atoms with Gasteiger partial charge in [0.05, 0.1) is 28.8 Å². The number of amides is 2. The van der Waals surface area contributed by atoms with E-state index in [2.05, 4.69) is 38.2 Å². The second-order valence-electron chi connectivity index (χ2n) is 7.45. The van der Waals surface area contributed by atoms with Crippen LogP contribution >= 0.6 is 23.2 Å². The largest absolute Gasteiger partial charge is 0.367 e. The molecule has 0 radical (unpaired) electrons. The maximum absolute atomic E-state index is 12.4. The Labute approximate surface area is 191 Å². The van der Waals surface area contributed by atoms with Gasteiger partial charge < -0.3 is 16.0 Å². The second-order valence-corrected chi connectivity index (χ2v) is 8.29. The summed E-state index contributed by atoms with van der Waals surface area (Å²) in [7, 11) is 0. The molecular weight excluding hydrogens is 435 g/mol. The summed E-state index contributed by atoms with van der Waals surface area (Å²) in [4.78, 5) is 16.5. The first-order valence-corrected chi connectivity index (χ1v) is 11.0. The summed E-state index contributed by atoms with van der Waals surface area (Å²) < 4.78 is 2.04. The number of fused-ring (bicyclic) bond motifs is 1. The van der Waals surface area contributed by atoms with Crippen LogP contribution in [0.3, 0.4) is 0 Å². The summed E-state index contributed by atoms with van der Waals surface area (Å²) in [5.41, 5.74) is 3.52. The third-order valence-electron chi connectivity index (χ3n) is 5.25. The highest BCUT2D eigenvalue weighted by molar-refractivity contribution is 6.35. The fourth-order valence-corrected chi connectivity index (χ4v) is 4.22. The van der Waals surface area contributed by atoms with E-state index in [9.17, 15) is 4.79 Å². The number of urea groups is 1. The van der Waals surface area contributed by atoms with E-state index in [4.69, 9.17) is 23.2 Å². The van der Waals surface area contributed by atoms with Crippen LogP contribution in [0.5, 0.6) is 0 Å². The predicted octanol–water partition coefficient (Wildman–Crippen LogP) is 4.42. The number of carbonyl (C=O) groups is 1. The van der Waals surface area contributed by atoms with E-state index < -0.39 is 0 Å². The predicted molar refractivity (Wildman–Crippen MR) is 123 cm³/mol. The average molecular weight is 459 g/mol. The quantitative estimate of drug-likeness (QED) is 0.457. The normalized spacial score (nSPS) is 15.2. The summed E-state index contributed by atoms with van der Waals surface area (Å²) in [5.74, 6) is 0.538. The standard InChI is InChI=1S/C22H24Cl2N6O/c23-16-11-18(24)21(27-12-16)25-9-10-26-22(31)29-19-7-4-8-20-17(19)13-28-30(20)14-15-5-2-1-3-6-15/h1-3,5-6,11-13,19H,4,7-10,14H2,(H,25,27)(H2,26,29,31). The number of aromatic nitrogens is 3. The molecule has 162 valence electrons. The van der Waals surface area contributed by atoms with E-state index in [1.165, 1.54) is 17.5 Å². The Morgan fingerprint density at radius 1 is 1.16 bits per heavy atom. The summed E-state index contributed by atoms with van der Waals surface area (Å²) >= 11 is 11.9. The second kappa shape index (κ2) is 10.0. The molecule has 0 fully saturated rings. The van der Waals surface area contributed by atoms with Crippen molar-refractivity contribution in [2.24, 2.45) is 0 Å². The Hall–Kier alpha value is -2.77. The van der Waals surface area contributed by atoms with Gasteiger partial charge in [0.25, 0.3) is 0 Å². The molecule has 2 heterocycles. The molecule has 0 saturated carbocycles. The number of nitrogens with zero attached hydrogens (tertiary/aromatic N) is 3. The summed E-state index contributed by atoms with van der Waals surface area (Å²) in [5, 5.41) is 14.5. The van der Waals surface area contributed by atoms with Gasteiger partial charge in [-0.25, -0.2) is 9.78 Å². The van der Waals surface area contributed by atoms with Crippen molar-refractivity contribution in [1.29, 1.82) is 0 Å². The molecule has 3 N–H and O–H groups in total. The van der Waals surface area contributed by atoms with Crippen LogP contribution in [0.1, 0.15) is 35.7 Å². The van der Waals surface area contributed by atoms with Gasteiger partial charge in [0, 0.05) is 30.5 Å². The van der Waals surface area contributed by atoms with Crippen LogP contribution in [0.4, 0.5) is 10.6 Å². The SMILES string of the molecule is O=C(NCCNc1ncc(Cl)cc1Cl)NC1CCCc2c1cnn2Cc1ccccc1. The molecular formula is C22H24Cl2N6O. The molecule has 2 amide bonds. The lowest BCUT2D eigenvalue weighted by atomic mass is 9.93. The van der Waals surface area contributed by atoms with Crippen LogP contribution in [0.25, 0.3) is 0 Å². The molecule has 1 aromatic carbocycles. The van der Waals surface area contributed by atoms with Crippen LogP contribution in [-0.4, -0.2) is 33.9 Å². The van der Waals surface area contributed by atoms with Gasteiger partial charge in [-0.2, -0.15) is 5.10 Å². The maximum atomic E-state index is 12.4. The molecule has 0 aliphatic heterocycles. The molecule has 0 spiro atoms. The number of pyridine rings is 1. The van der Waals surface area contributed by atoms with Crippen molar-refractivity contribution in [3.63, 3.8) is 0 Å². The monoisotopic (exact) mass is 458 g/mol. The average Bonchev–Trinajstić information content (AvgIpc) is 3.17. The smallest absolute Gasteiger partial charge is 0.315 e. The molecule has 1 unspecified atom stereocenters. The number of rotatable bonds is 7. The third kappa shape index (κ3) is 5.48. The van der Waals surface area contributed by atoms with Gasteiger partial charge in [0.1, 0.15) is 5.82 Å². The van der Waals surface area contributed by atoms with E-state index in [-0.39, 0.29) is 12.1 Å². The fraction of sp³-hybridized carbons (Fsp3) is 0.318. The van der Waals surface area contributed by atoms with E-state index in [0.717, 1.165) is 31.4 Å². The summed E-state index contributed by atoms with van der Waals surface area (Å²) in [6.45, 7) is 1.66. The lowest BCUT2D eigenvalue weighted by Crippen LogP contribution is -2.40. The van der Waals surface area contributed by atoms with Crippen LogP contribution in [0.2, 0.25) is 10.0 Å². The molecule has 2 aromatic heterocycles. The van der Waals surface area contributed by atoms with Gasteiger partial charge in [-0.1, -0.05) is 53.5 Å². The summed E-state index contributed by atoms with van der Waals surface area (Å²) in [6.07, 6.45) is 6.30. The fourth-order valence-electron chi connectivity index (χ4n) is 3.77. The molecule has 4 rings (SSSR count). The third-order valence-corrected chi connectivity index (χ3v) is 5.75. The zero-order chi connectivity index (χ0) is 21.6. The van der Waals surface area contributed by atoms with Gasteiger partial charge in [0.15, 0.2) is 0 Å². The molecule has 7 nitrogen and oxygen atoms in total. The lowest BCUT2D eigenvalue weighted by Gasteiger charge is -2.24. The summed E-state index contributed by atoms with van der Waals surface area (Å²) in [6, 6.07) is 11.7. The molecule has 1 aliphatic rings. The van der Waals surface area contributed by atoms with Crippen molar-refractivity contribution in [2.75, 3.05) is 18.4 Å². The number of hydrogen-bond donors (Lipinski definition) is 3. The van der Waals surface area contributed by atoms with Crippen molar-refractivity contribution < 1.29 is 4.79 Å². The van der Waals surface area contributed by atoms with Crippen molar-refractivity contribution in [2.45, 2.75) is 31.8 Å². The number of benzene rings is 1. The molecule has 1 atom stereocenters. The van der Waals surface area contributed by atoms with Crippen LogP contribution in [-0.2, 0) is 13.0 Å². The molecule has 31 heavy (non-hydrogen) atoms. The van der Waals surface area contributed by atoms with E-state index >= 15 is 0 Å². The lowest BCUT2D eigenvalue weighted by molar-refractivity contribution is 0.236. The topological polar surface area (TPSA) is 83.9 Å². The number of hydrogen-bond acceptors (Lipinski definition) is 4. The first-order valence-electron chi connectivity index (χ1n) is 10.3. The van der Waals surface area contributed by atoms with E-state index in [0.29, 0.717) is 29.0 Å². The van der Waals surface area contributed by atoms with Gasteiger partial charge in [-0.15, -0.1) is 0 Å². The van der Waals surface area contributed by atoms with Crippen LogP contribution < -0.4 is 16.0 Å². The molecule has 0 bridgehead atoms. The van der Waals surface area contributed by atoms with Crippen molar-refractivity contribution in [3.05, 3.63) is 75.7 Å². The van der Waals surface area contributed by atoms with Crippen LogP contribution in [0.15, 0.2) is 48.8 Å². The van der Waals surface area contributed by atoms with E-state index in [1.807, 2.05) is 29.1 Å². The Bertz CT molecular complexity index is 1040. The Balaban J connectivity index is 1.28. The first-order chi connectivity index (χ1) is 15.1. The minimum atomic E-state index is -0.203. The molecule has 0 saturated heterocycles. The highest BCUT2D eigenvalue weighted by atomic mass is 35.5. The Kier molecular flexibility index (Phi) is 6.94. The van der Waals surface area contributed by atoms with Gasteiger partial charge in [-0.05, 0) is 30.9 Å². The van der Waals surface area contributed by atoms with E-state index in [1.54, 1.807) is 6.07 Å². The zero-order valence-corrected chi connectivity index (χ0v) is 18.5. The number of carbonyl (C=O) groups excluding carboxylic acids is 1. The highest BCUT2D eigenvalue weighted by Gasteiger charge is 2.25. The Morgan fingerprint density at radius 2 is 2.00 bits per heavy atom. The maximum Gasteiger partial charge on any atom is 0.315 e. The van der Waals surface area contributed by atoms with Crippen LogP contribution in [0, 0.1) is 0 Å².